The van der Waals surface area contributed by atoms with Gasteiger partial charge in [-0.25, -0.2) is 4.98 Å². The number of carbonyl (C=O) groups is 1. The van der Waals surface area contributed by atoms with Gasteiger partial charge >= 0.3 is 0 Å². The van der Waals surface area contributed by atoms with Crippen molar-refractivity contribution in [3.05, 3.63) is 45.5 Å². The number of Topliss-reactive ketones (excluding diaryl/α,β-unsaturated/α-hetero) is 1. The second-order valence-corrected chi connectivity index (χ2v) is 10.9. The van der Waals surface area contributed by atoms with E-state index in [1.54, 1.807) is 28.9 Å². The number of thiazole rings is 1. The first kappa shape index (κ1) is 22.3. The van der Waals surface area contributed by atoms with E-state index in [0.717, 1.165) is 64.7 Å². The molecule has 0 aliphatic carbocycles. The number of thiophene rings is 1. The molecule has 0 spiro atoms. The van der Waals surface area contributed by atoms with Gasteiger partial charge in [0.1, 0.15) is 16.3 Å². The van der Waals surface area contributed by atoms with Crippen LogP contribution in [0.25, 0.3) is 20.8 Å². The Morgan fingerprint density at radius 1 is 1.24 bits per heavy atom. The number of unbranched alkanes of at least 4 members (excludes halogenated alkanes) is 1. The molecule has 1 aliphatic heterocycles. The number of ketones is 1. The Labute approximate surface area is 200 Å². The van der Waals surface area contributed by atoms with Crippen molar-refractivity contribution in [1.29, 1.82) is 0 Å². The van der Waals surface area contributed by atoms with Crippen molar-refractivity contribution in [2.24, 2.45) is 0 Å². The van der Waals surface area contributed by atoms with Gasteiger partial charge < -0.3 is 9.84 Å². The molecule has 0 saturated carbocycles. The summed E-state index contributed by atoms with van der Waals surface area (Å²) < 4.78 is 6.39. The molecule has 5 heterocycles. The fourth-order valence-electron chi connectivity index (χ4n) is 4.13. The van der Waals surface area contributed by atoms with Crippen molar-refractivity contribution in [2.75, 3.05) is 6.54 Å². The van der Waals surface area contributed by atoms with Crippen LogP contribution in [-0.2, 0) is 30.6 Å². The van der Waals surface area contributed by atoms with E-state index >= 15 is 0 Å². The summed E-state index contributed by atoms with van der Waals surface area (Å²) in [7, 11) is 0. The molecule has 33 heavy (non-hydrogen) atoms. The second-order valence-electron chi connectivity index (χ2n) is 8.72. The maximum atomic E-state index is 12.9. The molecule has 4 aromatic rings. The number of hydrogen-bond acceptors (Lipinski definition) is 9. The molecule has 0 fully saturated rings. The molecule has 5 rings (SSSR count). The first-order valence-corrected chi connectivity index (χ1v) is 13.1. The highest BCUT2D eigenvalue weighted by molar-refractivity contribution is 7.22. The van der Waals surface area contributed by atoms with Gasteiger partial charge in [0, 0.05) is 53.2 Å². The summed E-state index contributed by atoms with van der Waals surface area (Å²) in [6, 6.07) is 2.01. The number of hydrogen-bond donors (Lipinski definition) is 1. The Morgan fingerprint density at radius 2 is 2.15 bits per heavy atom. The van der Waals surface area contributed by atoms with Crippen LogP contribution in [0.3, 0.4) is 0 Å². The Bertz CT molecular complexity index is 1240. The zero-order valence-corrected chi connectivity index (χ0v) is 20.5. The number of aryl methyl sites for hydroxylation is 1. The molecule has 0 aromatic carbocycles. The highest BCUT2D eigenvalue weighted by atomic mass is 32.1. The Hall–Kier alpha value is -2.49. The smallest absolute Gasteiger partial charge is 0.229 e. The molecule has 0 bridgehead atoms. The third-order valence-electron chi connectivity index (χ3n) is 5.85. The lowest BCUT2D eigenvalue weighted by molar-refractivity contribution is -0.118. The van der Waals surface area contributed by atoms with E-state index in [4.69, 9.17) is 9.51 Å². The van der Waals surface area contributed by atoms with Gasteiger partial charge in [0.05, 0.1) is 10.9 Å². The number of nitrogens with zero attached hydrogens (tertiary/aromatic N) is 4. The number of carbonyl (C=O) groups excluding carboxylic acids is 1. The molecule has 4 aromatic heterocycles. The predicted molar refractivity (Wildman–Crippen MR) is 131 cm³/mol. The molecule has 1 N–H and O–H groups in total. The molecular formula is C24H27N5O2S2. The van der Waals surface area contributed by atoms with Crippen LogP contribution in [0.2, 0.25) is 0 Å². The van der Waals surface area contributed by atoms with Crippen LogP contribution >= 0.6 is 22.7 Å². The number of nitrogens with one attached hydrogen (secondary N) is 1. The minimum Gasteiger partial charge on any atom is -0.339 e. The van der Waals surface area contributed by atoms with E-state index in [-0.39, 0.29) is 11.7 Å². The molecule has 0 radical (unpaired) electrons. The van der Waals surface area contributed by atoms with Gasteiger partial charge in [-0.05, 0) is 37.4 Å². The maximum Gasteiger partial charge on any atom is 0.229 e. The highest BCUT2D eigenvalue weighted by Gasteiger charge is 2.25. The second kappa shape index (κ2) is 9.79. The molecular weight excluding hydrogens is 454 g/mol. The minimum atomic E-state index is 0.237. The van der Waals surface area contributed by atoms with Crippen LogP contribution in [0.1, 0.15) is 66.1 Å². The van der Waals surface area contributed by atoms with Gasteiger partial charge in [-0.3, -0.25) is 9.78 Å². The molecule has 7 nitrogen and oxygen atoms in total. The van der Waals surface area contributed by atoms with E-state index in [2.05, 4.69) is 20.4 Å². The van der Waals surface area contributed by atoms with Crippen LogP contribution in [0, 0.1) is 0 Å². The molecule has 0 amide bonds. The van der Waals surface area contributed by atoms with Crippen molar-refractivity contribution in [2.45, 2.75) is 64.8 Å². The summed E-state index contributed by atoms with van der Waals surface area (Å²) in [6.45, 7) is 5.91. The fraction of sp³-hybridized carbons (Fsp3) is 0.458. The molecule has 1 aliphatic rings. The third-order valence-corrected chi connectivity index (χ3v) is 8.13. The Morgan fingerprint density at radius 3 is 2.97 bits per heavy atom. The first-order chi connectivity index (χ1) is 16.1. The van der Waals surface area contributed by atoms with Gasteiger partial charge in [-0.1, -0.05) is 19.0 Å². The Balaban J connectivity index is 1.26. The topological polar surface area (TPSA) is 93.8 Å². The summed E-state index contributed by atoms with van der Waals surface area (Å²) in [5.41, 5.74) is 3.48. The normalized spacial score (nSPS) is 13.7. The average Bonchev–Trinajstić information content (AvgIpc) is 3.52. The van der Waals surface area contributed by atoms with Crippen LogP contribution < -0.4 is 5.32 Å². The van der Waals surface area contributed by atoms with E-state index in [1.807, 2.05) is 26.1 Å². The number of pyridine rings is 1. The number of aromatic nitrogens is 4. The van der Waals surface area contributed by atoms with E-state index in [1.165, 1.54) is 16.0 Å². The maximum absolute atomic E-state index is 12.9. The molecule has 0 saturated heterocycles. The summed E-state index contributed by atoms with van der Waals surface area (Å²) in [5, 5.41) is 8.51. The SMILES string of the molecule is CC(C)c1nc(CCCCC(=O)Cc2sc3c(c2-c2nc4cnccc4s2)CCNC3)no1. The average molecular weight is 482 g/mol. The summed E-state index contributed by atoms with van der Waals surface area (Å²) in [4.78, 5) is 28.9. The van der Waals surface area contributed by atoms with E-state index in [9.17, 15) is 4.79 Å². The van der Waals surface area contributed by atoms with Gasteiger partial charge in [0.15, 0.2) is 5.82 Å². The van der Waals surface area contributed by atoms with Crippen molar-refractivity contribution in [1.82, 2.24) is 25.4 Å². The van der Waals surface area contributed by atoms with Gasteiger partial charge in [0.25, 0.3) is 0 Å². The highest BCUT2D eigenvalue weighted by Crippen LogP contribution is 2.41. The summed E-state index contributed by atoms with van der Waals surface area (Å²) in [5.74, 6) is 1.93. The van der Waals surface area contributed by atoms with Crippen molar-refractivity contribution in [3.63, 3.8) is 0 Å². The quantitative estimate of drug-likeness (QED) is 0.333. The lowest BCUT2D eigenvalue weighted by atomic mass is 10.00. The van der Waals surface area contributed by atoms with E-state index < -0.39 is 0 Å². The molecule has 9 heteroatoms. The van der Waals surface area contributed by atoms with Crippen LogP contribution in [0.4, 0.5) is 0 Å². The molecule has 0 atom stereocenters. The minimum absolute atomic E-state index is 0.237. The predicted octanol–water partition coefficient (Wildman–Crippen LogP) is 5.10. The molecule has 172 valence electrons. The third kappa shape index (κ3) is 4.90. The van der Waals surface area contributed by atoms with Gasteiger partial charge in [-0.2, -0.15) is 4.98 Å². The monoisotopic (exact) mass is 481 g/mol. The zero-order chi connectivity index (χ0) is 22.8. The Kier molecular flexibility index (Phi) is 6.62. The van der Waals surface area contributed by atoms with Crippen LogP contribution in [-0.4, -0.2) is 32.4 Å². The van der Waals surface area contributed by atoms with Crippen molar-refractivity contribution in [3.8, 4) is 10.6 Å². The van der Waals surface area contributed by atoms with Crippen LogP contribution in [0.15, 0.2) is 23.0 Å². The summed E-state index contributed by atoms with van der Waals surface area (Å²) in [6.07, 6.45) is 8.10. The largest absolute Gasteiger partial charge is 0.339 e. The van der Waals surface area contributed by atoms with Gasteiger partial charge in [0.2, 0.25) is 5.89 Å². The zero-order valence-electron chi connectivity index (χ0n) is 18.9. The van der Waals surface area contributed by atoms with E-state index in [0.29, 0.717) is 18.7 Å². The lowest BCUT2D eigenvalue weighted by Gasteiger charge is -2.13. The first-order valence-electron chi connectivity index (χ1n) is 11.5. The summed E-state index contributed by atoms with van der Waals surface area (Å²) >= 11 is 3.46. The van der Waals surface area contributed by atoms with Crippen molar-refractivity contribution >= 4 is 38.7 Å². The number of fused-ring (bicyclic) bond motifs is 2. The fourth-order valence-corrected chi connectivity index (χ4v) is 6.58. The van der Waals surface area contributed by atoms with Gasteiger partial charge in [-0.15, -0.1) is 22.7 Å². The van der Waals surface area contributed by atoms with Crippen LogP contribution in [0.5, 0.6) is 0 Å². The standard InChI is InChI=1S/C24H27N5O2S2/c1-14(2)23-28-21(29-31-23)6-4-3-5-15(30)11-19-22(16-7-9-26-13-20(16)32-19)24-27-17-12-25-10-8-18(17)33-24/h8,10,12,14,26H,3-7,9,11,13H2,1-2H3. The van der Waals surface area contributed by atoms with Crippen molar-refractivity contribution < 1.29 is 9.32 Å². The lowest BCUT2D eigenvalue weighted by Crippen LogP contribution is -2.22. The molecule has 0 unspecified atom stereocenters. The number of rotatable bonds is 9.